The molecule has 0 bridgehead atoms. The molecule has 1 amide bonds. The third-order valence-electron chi connectivity index (χ3n) is 4.92. The summed E-state index contributed by atoms with van der Waals surface area (Å²) >= 11 is 7.29. The van der Waals surface area contributed by atoms with Gasteiger partial charge in [-0.15, -0.1) is 11.8 Å². The minimum atomic E-state index is -0.506. The van der Waals surface area contributed by atoms with Crippen molar-refractivity contribution in [2.45, 2.75) is 11.6 Å². The molecule has 0 unspecified atom stereocenters. The molecule has 174 valence electrons. The monoisotopic (exact) mass is 502 g/mol. The number of aromatic nitrogens is 4. The zero-order valence-electron chi connectivity index (χ0n) is 17.5. The van der Waals surface area contributed by atoms with E-state index in [-0.39, 0.29) is 35.8 Å². The van der Waals surface area contributed by atoms with Gasteiger partial charge in [0.25, 0.3) is 5.89 Å². The van der Waals surface area contributed by atoms with Crippen LogP contribution in [0.4, 0.5) is 15.9 Å². The number of benzene rings is 2. The first-order valence-electron chi connectivity index (χ1n) is 9.82. The molecular weight excluding hydrogens is 487 g/mol. The van der Waals surface area contributed by atoms with Gasteiger partial charge in [0.05, 0.1) is 10.7 Å². The number of nitrogens with zero attached hydrogens (tertiary/aromatic N) is 4. The van der Waals surface area contributed by atoms with Crippen molar-refractivity contribution in [2.75, 3.05) is 24.1 Å². The zero-order valence-corrected chi connectivity index (χ0v) is 19.1. The standard InChI is InChI=1S/C21H16ClFN6O4S/c1-34-21-17(20-26-19(28-33-20)10-2-5-14-15(6-10)32-9-31-14)18(24)29(27-21)8-16(30)25-13-4-3-11(23)7-12(13)22/h2-7H,8-9,24H2,1H3,(H,25,30). The fourth-order valence-electron chi connectivity index (χ4n) is 3.31. The van der Waals surface area contributed by atoms with Gasteiger partial charge in [-0.2, -0.15) is 10.1 Å². The number of rotatable bonds is 6. The number of carbonyl (C=O) groups is 1. The van der Waals surface area contributed by atoms with Gasteiger partial charge in [0.2, 0.25) is 18.5 Å². The molecule has 5 rings (SSSR count). The van der Waals surface area contributed by atoms with Crippen molar-refractivity contribution in [3.05, 3.63) is 47.2 Å². The molecule has 10 nitrogen and oxygen atoms in total. The lowest BCUT2D eigenvalue weighted by Gasteiger charge is -2.08. The van der Waals surface area contributed by atoms with Gasteiger partial charge >= 0.3 is 0 Å². The van der Waals surface area contributed by atoms with E-state index in [4.69, 9.17) is 31.3 Å². The van der Waals surface area contributed by atoms with Crippen LogP contribution in [0.1, 0.15) is 0 Å². The van der Waals surface area contributed by atoms with Crippen LogP contribution in [0.15, 0.2) is 45.9 Å². The van der Waals surface area contributed by atoms with Crippen molar-refractivity contribution >= 4 is 40.8 Å². The smallest absolute Gasteiger partial charge is 0.264 e. The number of thioether (sulfide) groups is 1. The van der Waals surface area contributed by atoms with Crippen LogP contribution in [0.3, 0.4) is 0 Å². The average molecular weight is 503 g/mol. The normalized spacial score (nSPS) is 12.2. The molecule has 34 heavy (non-hydrogen) atoms. The number of anilines is 2. The average Bonchev–Trinajstić information content (AvgIpc) is 3.54. The molecule has 0 aliphatic carbocycles. The highest BCUT2D eigenvalue weighted by molar-refractivity contribution is 7.98. The first kappa shape index (κ1) is 22.0. The van der Waals surface area contributed by atoms with E-state index in [1.165, 1.54) is 28.6 Å². The SMILES string of the molecule is CSc1nn(CC(=O)Nc2ccc(F)cc2Cl)c(N)c1-c1nc(-c2ccc3c(c2)OCO3)no1. The van der Waals surface area contributed by atoms with Crippen molar-refractivity contribution in [1.82, 2.24) is 19.9 Å². The highest BCUT2D eigenvalue weighted by Gasteiger charge is 2.24. The summed E-state index contributed by atoms with van der Waals surface area (Å²) in [7, 11) is 0. The lowest BCUT2D eigenvalue weighted by Crippen LogP contribution is -2.20. The number of ether oxygens (including phenoxy) is 2. The third kappa shape index (κ3) is 4.13. The van der Waals surface area contributed by atoms with Crippen LogP contribution >= 0.6 is 23.4 Å². The quantitative estimate of drug-likeness (QED) is 0.374. The van der Waals surface area contributed by atoms with Crippen LogP contribution in [-0.4, -0.2) is 38.9 Å². The number of nitrogen functional groups attached to an aromatic ring is 1. The van der Waals surface area contributed by atoms with E-state index in [1.807, 2.05) is 6.26 Å². The minimum Gasteiger partial charge on any atom is -0.454 e. The molecule has 0 saturated carbocycles. The Kier molecular flexibility index (Phi) is 5.75. The number of hydrogen-bond acceptors (Lipinski definition) is 9. The summed E-state index contributed by atoms with van der Waals surface area (Å²) in [5.41, 5.74) is 7.65. The van der Waals surface area contributed by atoms with E-state index in [0.717, 1.165) is 6.07 Å². The zero-order chi connectivity index (χ0) is 23.8. The maximum Gasteiger partial charge on any atom is 0.264 e. The summed E-state index contributed by atoms with van der Waals surface area (Å²) in [5, 5.41) is 11.6. The molecule has 0 radical (unpaired) electrons. The molecule has 0 saturated heterocycles. The fourth-order valence-corrected chi connectivity index (χ4v) is 4.10. The molecule has 4 aromatic rings. The van der Waals surface area contributed by atoms with E-state index in [1.54, 1.807) is 18.2 Å². The van der Waals surface area contributed by atoms with Gasteiger partial charge in [-0.25, -0.2) is 9.07 Å². The molecule has 0 spiro atoms. The molecule has 1 aliphatic heterocycles. The minimum absolute atomic E-state index is 0.0779. The van der Waals surface area contributed by atoms with Crippen LogP contribution in [0.25, 0.3) is 22.8 Å². The van der Waals surface area contributed by atoms with Crippen molar-refractivity contribution in [3.63, 3.8) is 0 Å². The van der Waals surface area contributed by atoms with Gasteiger partial charge in [-0.1, -0.05) is 16.8 Å². The second-order valence-corrected chi connectivity index (χ2v) is 8.29. The first-order chi connectivity index (χ1) is 16.4. The van der Waals surface area contributed by atoms with E-state index in [0.29, 0.717) is 33.5 Å². The molecule has 2 aromatic carbocycles. The fraction of sp³-hybridized carbons (Fsp3) is 0.143. The molecule has 0 atom stereocenters. The number of halogens is 2. The summed E-state index contributed by atoms with van der Waals surface area (Å²) in [5.74, 6) is 0.933. The summed E-state index contributed by atoms with van der Waals surface area (Å²) in [6, 6.07) is 8.98. The van der Waals surface area contributed by atoms with E-state index in [2.05, 4.69) is 20.6 Å². The predicted octanol–water partition coefficient (Wildman–Crippen LogP) is 4.06. The largest absolute Gasteiger partial charge is 0.454 e. The summed E-state index contributed by atoms with van der Waals surface area (Å²) in [4.78, 5) is 17.0. The Balaban J connectivity index is 1.39. The summed E-state index contributed by atoms with van der Waals surface area (Å²) < 4.78 is 30.7. The van der Waals surface area contributed by atoms with Gasteiger partial charge in [-0.05, 0) is 42.7 Å². The molecule has 1 aliphatic rings. The van der Waals surface area contributed by atoms with Gasteiger partial charge in [0, 0.05) is 5.56 Å². The maximum absolute atomic E-state index is 13.2. The Hall–Kier alpha value is -3.77. The second-order valence-electron chi connectivity index (χ2n) is 7.09. The first-order valence-corrected chi connectivity index (χ1v) is 11.4. The number of amides is 1. The topological polar surface area (TPSA) is 130 Å². The molecule has 0 fully saturated rings. The van der Waals surface area contributed by atoms with E-state index >= 15 is 0 Å². The Morgan fingerprint density at radius 2 is 2.09 bits per heavy atom. The number of nitrogens with one attached hydrogen (secondary N) is 1. The summed E-state index contributed by atoms with van der Waals surface area (Å²) in [6.07, 6.45) is 1.81. The highest BCUT2D eigenvalue weighted by atomic mass is 35.5. The van der Waals surface area contributed by atoms with Crippen molar-refractivity contribution in [2.24, 2.45) is 0 Å². The lowest BCUT2D eigenvalue weighted by atomic mass is 10.2. The molecular formula is C21H16ClFN6O4S. The van der Waals surface area contributed by atoms with Crippen molar-refractivity contribution < 1.29 is 23.2 Å². The number of nitrogens with two attached hydrogens (primary N) is 1. The number of hydrogen-bond donors (Lipinski definition) is 2. The van der Waals surface area contributed by atoms with Crippen molar-refractivity contribution in [3.8, 4) is 34.3 Å². The van der Waals surface area contributed by atoms with Crippen LogP contribution in [0.2, 0.25) is 5.02 Å². The molecule has 3 heterocycles. The van der Waals surface area contributed by atoms with Crippen LogP contribution in [0.5, 0.6) is 11.5 Å². The Morgan fingerprint density at radius 1 is 1.26 bits per heavy atom. The van der Waals surface area contributed by atoms with Crippen LogP contribution < -0.4 is 20.5 Å². The van der Waals surface area contributed by atoms with Crippen LogP contribution in [0, 0.1) is 5.82 Å². The van der Waals surface area contributed by atoms with Gasteiger partial charge in [0.15, 0.2) is 11.5 Å². The Labute approximate surface area is 201 Å². The Morgan fingerprint density at radius 3 is 2.88 bits per heavy atom. The third-order valence-corrected chi connectivity index (χ3v) is 5.91. The van der Waals surface area contributed by atoms with Gasteiger partial charge < -0.3 is 25.0 Å². The highest BCUT2D eigenvalue weighted by Crippen LogP contribution is 2.37. The lowest BCUT2D eigenvalue weighted by molar-refractivity contribution is -0.116. The van der Waals surface area contributed by atoms with Gasteiger partial charge in [0.1, 0.15) is 28.8 Å². The molecule has 3 N–H and O–H groups in total. The van der Waals surface area contributed by atoms with Gasteiger partial charge in [-0.3, -0.25) is 4.79 Å². The summed E-state index contributed by atoms with van der Waals surface area (Å²) in [6.45, 7) is -0.0553. The number of carbonyl (C=O) groups excluding carboxylic acids is 1. The predicted molar refractivity (Wildman–Crippen MR) is 123 cm³/mol. The van der Waals surface area contributed by atoms with E-state index < -0.39 is 11.7 Å². The Bertz CT molecular complexity index is 1410. The molecule has 2 aromatic heterocycles. The van der Waals surface area contributed by atoms with Crippen molar-refractivity contribution in [1.29, 1.82) is 0 Å². The second kappa shape index (κ2) is 8.88. The number of fused-ring (bicyclic) bond motifs is 1. The maximum atomic E-state index is 13.2. The molecule has 13 heteroatoms. The van der Waals surface area contributed by atoms with Crippen LogP contribution in [-0.2, 0) is 11.3 Å². The van der Waals surface area contributed by atoms with E-state index in [9.17, 15) is 9.18 Å².